The van der Waals surface area contributed by atoms with Crippen molar-refractivity contribution in [1.82, 2.24) is 4.98 Å². The summed E-state index contributed by atoms with van der Waals surface area (Å²) in [6, 6.07) is 7.39. The van der Waals surface area contributed by atoms with Gasteiger partial charge in [0, 0.05) is 11.1 Å². The van der Waals surface area contributed by atoms with Crippen LogP contribution in [-0.4, -0.2) is 11.0 Å². The molecule has 0 amide bonds. The van der Waals surface area contributed by atoms with E-state index in [0.29, 0.717) is 4.88 Å². The number of rotatable bonds is 3. The van der Waals surface area contributed by atoms with Crippen molar-refractivity contribution < 1.29 is 9.53 Å². The van der Waals surface area contributed by atoms with E-state index in [0.717, 1.165) is 16.1 Å². The second-order valence-electron chi connectivity index (χ2n) is 3.75. The van der Waals surface area contributed by atoms with E-state index in [1.807, 2.05) is 38.1 Å². The molecule has 0 saturated carbocycles. The van der Waals surface area contributed by atoms with Crippen LogP contribution < -0.4 is 0 Å². The van der Waals surface area contributed by atoms with Gasteiger partial charge in [-0.15, -0.1) is 11.3 Å². The maximum absolute atomic E-state index is 11.7. The van der Waals surface area contributed by atoms with E-state index in [1.165, 1.54) is 11.3 Å². The quantitative estimate of drug-likeness (QED) is 0.782. The average molecular weight is 247 g/mol. The van der Waals surface area contributed by atoms with Crippen LogP contribution in [0, 0.1) is 13.8 Å². The Balaban J connectivity index is 1.98. The number of nitrogens with zero attached hydrogens (tertiary/aromatic N) is 1. The van der Waals surface area contributed by atoms with Crippen molar-refractivity contribution >= 4 is 17.3 Å². The zero-order chi connectivity index (χ0) is 12.3. The number of pyridine rings is 1. The van der Waals surface area contributed by atoms with Crippen molar-refractivity contribution in [3.05, 3.63) is 51.5 Å². The lowest BCUT2D eigenvalue weighted by Gasteiger charge is -2.01. The number of carbonyl (C=O) groups is 1. The number of carbonyl (C=O) groups excluding carboxylic acids is 1. The summed E-state index contributed by atoms with van der Waals surface area (Å²) in [6.45, 7) is 4.20. The van der Waals surface area contributed by atoms with Crippen LogP contribution in [0.3, 0.4) is 0 Å². The molecule has 0 bridgehead atoms. The minimum absolute atomic E-state index is 0.218. The molecule has 0 radical (unpaired) electrons. The Morgan fingerprint density at radius 3 is 2.82 bits per heavy atom. The van der Waals surface area contributed by atoms with E-state index in [9.17, 15) is 4.79 Å². The molecule has 0 atom stereocenters. The molecule has 0 spiro atoms. The summed E-state index contributed by atoms with van der Waals surface area (Å²) >= 11 is 1.46. The molecule has 4 heteroatoms. The Kier molecular flexibility index (Phi) is 3.54. The number of thiophene rings is 1. The molecule has 0 N–H and O–H groups in total. The Bertz CT molecular complexity index is 500. The molecule has 0 aromatic carbocycles. The second kappa shape index (κ2) is 5.10. The summed E-state index contributed by atoms with van der Waals surface area (Å²) in [5.74, 6) is -0.281. The summed E-state index contributed by atoms with van der Waals surface area (Å²) in [7, 11) is 0. The van der Waals surface area contributed by atoms with Crippen LogP contribution in [0.15, 0.2) is 30.5 Å². The minimum atomic E-state index is -0.281. The predicted octanol–water partition coefficient (Wildman–Crippen LogP) is 3.12. The van der Waals surface area contributed by atoms with Crippen molar-refractivity contribution in [3.8, 4) is 0 Å². The van der Waals surface area contributed by atoms with Gasteiger partial charge in [-0.3, -0.25) is 4.98 Å². The lowest BCUT2D eigenvalue weighted by Crippen LogP contribution is -2.04. The van der Waals surface area contributed by atoms with Gasteiger partial charge in [0.05, 0.1) is 5.69 Å². The fraction of sp³-hybridized carbons (Fsp3) is 0.231. The van der Waals surface area contributed by atoms with Crippen LogP contribution in [0.25, 0.3) is 0 Å². The standard InChI is InChI=1S/C13H13NO2S/c1-9-7-12(17-10(9)2)13(15)16-8-11-5-3-4-6-14-11/h3-7H,8H2,1-2H3. The number of aromatic nitrogens is 1. The first-order chi connectivity index (χ1) is 8.16. The van der Waals surface area contributed by atoms with Crippen LogP contribution in [0.5, 0.6) is 0 Å². The highest BCUT2D eigenvalue weighted by atomic mass is 32.1. The monoisotopic (exact) mass is 247 g/mol. The summed E-state index contributed by atoms with van der Waals surface area (Å²) in [5.41, 5.74) is 1.88. The topological polar surface area (TPSA) is 39.2 Å². The summed E-state index contributed by atoms with van der Waals surface area (Å²) in [5, 5.41) is 0. The van der Waals surface area contributed by atoms with E-state index < -0.39 is 0 Å². The fourth-order valence-electron chi connectivity index (χ4n) is 1.37. The highest BCUT2D eigenvalue weighted by Crippen LogP contribution is 2.21. The number of hydrogen-bond donors (Lipinski definition) is 0. The van der Waals surface area contributed by atoms with Gasteiger partial charge in [0.25, 0.3) is 0 Å². The Hall–Kier alpha value is -1.68. The smallest absolute Gasteiger partial charge is 0.348 e. The molecule has 0 saturated heterocycles. The second-order valence-corrected chi connectivity index (χ2v) is 5.00. The van der Waals surface area contributed by atoms with Crippen LogP contribution in [0.2, 0.25) is 0 Å². The number of esters is 1. The minimum Gasteiger partial charge on any atom is -0.455 e. The molecular weight excluding hydrogens is 234 g/mol. The molecule has 0 aliphatic heterocycles. The van der Waals surface area contributed by atoms with Gasteiger partial charge in [-0.2, -0.15) is 0 Å². The van der Waals surface area contributed by atoms with E-state index in [2.05, 4.69) is 4.98 Å². The molecule has 2 aromatic rings. The molecule has 2 rings (SSSR count). The van der Waals surface area contributed by atoms with Gasteiger partial charge in [-0.25, -0.2) is 4.79 Å². The van der Waals surface area contributed by atoms with Crippen LogP contribution in [0.1, 0.15) is 25.8 Å². The highest BCUT2D eigenvalue weighted by molar-refractivity contribution is 7.14. The number of ether oxygens (including phenoxy) is 1. The van der Waals surface area contributed by atoms with Crippen molar-refractivity contribution in [2.75, 3.05) is 0 Å². The average Bonchev–Trinajstić information content (AvgIpc) is 2.68. The first kappa shape index (κ1) is 11.8. The molecule has 0 aliphatic carbocycles. The molecule has 0 fully saturated rings. The third kappa shape index (κ3) is 2.91. The largest absolute Gasteiger partial charge is 0.455 e. The van der Waals surface area contributed by atoms with Gasteiger partial charge >= 0.3 is 5.97 Å². The van der Waals surface area contributed by atoms with Crippen LogP contribution in [-0.2, 0) is 11.3 Å². The molecule has 0 unspecified atom stereocenters. The van der Waals surface area contributed by atoms with Gasteiger partial charge in [0.2, 0.25) is 0 Å². The van der Waals surface area contributed by atoms with Crippen molar-refractivity contribution in [2.24, 2.45) is 0 Å². The first-order valence-corrected chi connectivity index (χ1v) is 6.12. The van der Waals surface area contributed by atoms with Crippen LogP contribution in [0.4, 0.5) is 0 Å². The lowest BCUT2D eigenvalue weighted by molar-refractivity contribution is 0.0473. The van der Waals surface area contributed by atoms with E-state index >= 15 is 0 Å². The van der Waals surface area contributed by atoms with E-state index in [1.54, 1.807) is 6.20 Å². The molecule has 88 valence electrons. The highest BCUT2D eigenvalue weighted by Gasteiger charge is 2.11. The SMILES string of the molecule is Cc1cc(C(=O)OCc2ccccn2)sc1C. The molecule has 17 heavy (non-hydrogen) atoms. The van der Waals surface area contributed by atoms with Crippen molar-refractivity contribution in [1.29, 1.82) is 0 Å². The molecular formula is C13H13NO2S. The maximum Gasteiger partial charge on any atom is 0.348 e. The molecule has 2 heterocycles. The van der Waals surface area contributed by atoms with Gasteiger partial charge in [0.1, 0.15) is 11.5 Å². The normalized spacial score (nSPS) is 10.2. The fourth-order valence-corrected chi connectivity index (χ4v) is 2.30. The van der Waals surface area contributed by atoms with E-state index in [4.69, 9.17) is 4.74 Å². The van der Waals surface area contributed by atoms with Crippen molar-refractivity contribution in [2.45, 2.75) is 20.5 Å². The number of hydrogen-bond acceptors (Lipinski definition) is 4. The molecule has 0 aliphatic rings. The lowest BCUT2D eigenvalue weighted by atomic mass is 10.3. The maximum atomic E-state index is 11.7. The predicted molar refractivity (Wildman–Crippen MR) is 67.1 cm³/mol. The third-order valence-corrected chi connectivity index (χ3v) is 3.58. The Labute approximate surface area is 104 Å². The van der Waals surface area contributed by atoms with Gasteiger partial charge < -0.3 is 4.74 Å². The molecule has 2 aromatic heterocycles. The van der Waals surface area contributed by atoms with Crippen molar-refractivity contribution in [3.63, 3.8) is 0 Å². The van der Waals surface area contributed by atoms with Gasteiger partial charge in [-0.05, 0) is 37.6 Å². The van der Waals surface area contributed by atoms with E-state index in [-0.39, 0.29) is 12.6 Å². The van der Waals surface area contributed by atoms with Gasteiger partial charge in [0.15, 0.2) is 0 Å². The first-order valence-electron chi connectivity index (χ1n) is 5.31. The number of aryl methyl sites for hydroxylation is 2. The molecule has 3 nitrogen and oxygen atoms in total. The summed E-state index contributed by atoms with van der Waals surface area (Å²) < 4.78 is 5.19. The zero-order valence-electron chi connectivity index (χ0n) is 9.77. The Morgan fingerprint density at radius 1 is 1.41 bits per heavy atom. The van der Waals surface area contributed by atoms with Crippen LogP contribution >= 0.6 is 11.3 Å². The summed E-state index contributed by atoms with van der Waals surface area (Å²) in [6.07, 6.45) is 1.68. The third-order valence-electron chi connectivity index (χ3n) is 2.44. The van der Waals surface area contributed by atoms with Gasteiger partial charge in [-0.1, -0.05) is 6.07 Å². The summed E-state index contributed by atoms with van der Waals surface area (Å²) in [4.78, 5) is 17.6. The Morgan fingerprint density at radius 2 is 2.24 bits per heavy atom. The zero-order valence-corrected chi connectivity index (χ0v) is 10.6.